The predicted molar refractivity (Wildman–Crippen MR) is 89.7 cm³/mol. The highest BCUT2D eigenvalue weighted by Gasteiger charge is 2.30. The lowest BCUT2D eigenvalue weighted by molar-refractivity contribution is -0.103. The Morgan fingerprint density at radius 2 is 1.54 bits per heavy atom. The van der Waals surface area contributed by atoms with E-state index in [0.717, 1.165) is 0 Å². The van der Waals surface area contributed by atoms with Crippen molar-refractivity contribution in [3.05, 3.63) is 71.8 Å². The van der Waals surface area contributed by atoms with Crippen LogP contribution >= 0.6 is 11.8 Å². The highest BCUT2D eigenvalue weighted by Crippen LogP contribution is 2.27. The smallest absolute Gasteiger partial charge is 0.340 e. The van der Waals surface area contributed by atoms with Gasteiger partial charge in [0.2, 0.25) is 6.29 Å². The molecule has 6 heteroatoms. The van der Waals surface area contributed by atoms with Crippen LogP contribution in [0.2, 0.25) is 0 Å². The molecule has 1 saturated heterocycles. The summed E-state index contributed by atoms with van der Waals surface area (Å²) in [7, 11) is 0. The molecule has 24 heavy (non-hydrogen) atoms. The van der Waals surface area contributed by atoms with Gasteiger partial charge in [-0.1, -0.05) is 36.4 Å². The number of rotatable bonds is 5. The minimum absolute atomic E-state index is 0.109. The zero-order valence-electron chi connectivity index (χ0n) is 12.8. The SMILES string of the molecule is O=C(OC[C@H]1O[C@H](OC(=O)c2ccccc2)CS1)c1ccccc1. The Hall–Kier alpha value is -2.31. The second kappa shape index (κ2) is 7.99. The van der Waals surface area contributed by atoms with Crippen molar-refractivity contribution >= 4 is 23.7 Å². The molecule has 0 amide bonds. The summed E-state index contributed by atoms with van der Waals surface area (Å²) in [5, 5.41) is 0. The molecular weight excluding hydrogens is 328 g/mol. The van der Waals surface area contributed by atoms with Gasteiger partial charge < -0.3 is 14.2 Å². The van der Waals surface area contributed by atoms with Crippen LogP contribution in [-0.4, -0.2) is 36.0 Å². The molecule has 1 heterocycles. The first-order valence-electron chi connectivity index (χ1n) is 7.47. The van der Waals surface area contributed by atoms with Gasteiger partial charge in [0.05, 0.1) is 16.9 Å². The lowest BCUT2D eigenvalue weighted by atomic mass is 10.2. The molecule has 2 aromatic carbocycles. The van der Waals surface area contributed by atoms with Crippen LogP contribution in [0.5, 0.6) is 0 Å². The van der Waals surface area contributed by atoms with Gasteiger partial charge in [-0.25, -0.2) is 9.59 Å². The summed E-state index contributed by atoms with van der Waals surface area (Å²) < 4.78 is 16.1. The molecule has 5 nitrogen and oxygen atoms in total. The summed E-state index contributed by atoms with van der Waals surface area (Å²) in [5.41, 5.74) is 0.629. The summed E-state index contributed by atoms with van der Waals surface area (Å²) in [6.45, 7) is 0.109. The van der Waals surface area contributed by atoms with Gasteiger partial charge in [0.25, 0.3) is 0 Å². The third-order valence-electron chi connectivity index (χ3n) is 3.33. The standard InChI is InChI=1S/C18H16O5S/c19-17(13-7-3-1-4-8-13)21-11-16-22-15(12-24-16)23-18(20)14-9-5-2-6-10-14/h1-10,15-16H,11-12H2/t15-,16+/m1/s1. The topological polar surface area (TPSA) is 61.8 Å². The van der Waals surface area contributed by atoms with Crippen LogP contribution in [-0.2, 0) is 14.2 Å². The third-order valence-corrected chi connectivity index (χ3v) is 4.41. The summed E-state index contributed by atoms with van der Waals surface area (Å²) in [6, 6.07) is 17.5. The number of benzene rings is 2. The van der Waals surface area contributed by atoms with Gasteiger partial charge in [0, 0.05) is 0 Å². The van der Waals surface area contributed by atoms with Crippen LogP contribution in [0.25, 0.3) is 0 Å². The summed E-state index contributed by atoms with van der Waals surface area (Å²) in [4.78, 5) is 23.8. The number of hydrogen-bond acceptors (Lipinski definition) is 6. The molecule has 2 aromatic rings. The molecule has 1 aliphatic heterocycles. The number of ether oxygens (including phenoxy) is 3. The van der Waals surface area contributed by atoms with E-state index in [-0.39, 0.29) is 12.0 Å². The number of esters is 2. The highest BCUT2D eigenvalue weighted by molar-refractivity contribution is 8.00. The van der Waals surface area contributed by atoms with Crippen LogP contribution in [0.3, 0.4) is 0 Å². The van der Waals surface area contributed by atoms with Crippen molar-refractivity contribution in [3.63, 3.8) is 0 Å². The van der Waals surface area contributed by atoms with Crippen LogP contribution in [0.4, 0.5) is 0 Å². The minimum Gasteiger partial charge on any atom is -0.458 e. The summed E-state index contributed by atoms with van der Waals surface area (Å²) in [6.07, 6.45) is -0.636. The maximum absolute atomic E-state index is 12.0. The zero-order valence-corrected chi connectivity index (χ0v) is 13.6. The van der Waals surface area contributed by atoms with Crippen LogP contribution in [0.1, 0.15) is 20.7 Å². The monoisotopic (exact) mass is 344 g/mol. The summed E-state index contributed by atoms with van der Waals surface area (Å²) >= 11 is 1.45. The molecule has 1 fully saturated rings. The largest absolute Gasteiger partial charge is 0.458 e. The van der Waals surface area contributed by atoms with Gasteiger partial charge in [-0.05, 0) is 24.3 Å². The van der Waals surface area contributed by atoms with Crippen molar-refractivity contribution in [2.45, 2.75) is 11.7 Å². The maximum atomic E-state index is 12.0. The highest BCUT2D eigenvalue weighted by atomic mass is 32.2. The molecule has 0 saturated carbocycles. The fraction of sp³-hybridized carbons (Fsp3) is 0.222. The fourth-order valence-electron chi connectivity index (χ4n) is 2.15. The number of thioether (sulfide) groups is 1. The van der Waals surface area contributed by atoms with Crippen molar-refractivity contribution in [1.82, 2.24) is 0 Å². The molecular formula is C18H16O5S. The van der Waals surface area contributed by atoms with Gasteiger partial charge in [0.15, 0.2) is 0 Å². The number of carbonyl (C=O) groups is 2. The molecule has 0 radical (unpaired) electrons. The molecule has 3 rings (SSSR count). The fourth-order valence-corrected chi connectivity index (χ4v) is 3.03. The minimum atomic E-state index is -0.636. The van der Waals surface area contributed by atoms with E-state index >= 15 is 0 Å². The second-order valence-corrected chi connectivity index (χ2v) is 6.26. The van der Waals surface area contributed by atoms with E-state index in [4.69, 9.17) is 14.2 Å². The average Bonchev–Trinajstić information content (AvgIpc) is 3.08. The van der Waals surface area contributed by atoms with Gasteiger partial charge in [0.1, 0.15) is 12.0 Å². The first kappa shape index (κ1) is 16.5. The Bertz CT molecular complexity index is 689. The van der Waals surface area contributed by atoms with E-state index in [9.17, 15) is 9.59 Å². The van der Waals surface area contributed by atoms with Crippen molar-refractivity contribution < 1.29 is 23.8 Å². The Labute approximate surface area is 143 Å². The van der Waals surface area contributed by atoms with Crippen LogP contribution < -0.4 is 0 Å². The lowest BCUT2D eigenvalue weighted by Gasteiger charge is -2.13. The molecule has 0 N–H and O–H groups in total. The molecule has 0 aromatic heterocycles. The van der Waals surface area contributed by atoms with Gasteiger partial charge in [-0.3, -0.25) is 0 Å². The molecule has 124 valence electrons. The first-order valence-corrected chi connectivity index (χ1v) is 8.52. The molecule has 0 unspecified atom stereocenters. The van der Waals surface area contributed by atoms with Gasteiger partial charge in [-0.2, -0.15) is 0 Å². The molecule has 0 aliphatic carbocycles. The van der Waals surface area contributed by atoms with E-state index in [1.54, 1.807) is 48.5 Å². The first-order chi connectivity index (χ1) is 11.7. The Kier molecular flexibility index (Phi) is 5.51. The van der Waals surface area contributed by atoms with Gasteiger partial charge in [-0.15, -0.1) is 11.8 Å². The molecule has 0 spiro atoms. The maximum Gasteiger partial charge on any atom is 0.340 e. The van der Waals surface area contributed by atoms with E-state index in [1.807, 2.05) is 12.1 Å². The zero-order chi connectivity index (χ0) is 16.8. The Balaban J connectivity index is 1.44. The number of hydrogen-bond donors (Lipinski definition) is 0. The van der Waals surface area contributed by atoms with E-state index in [2.05, 4.69) is 0 Å². The molecule has 2 atom stereocenters. The normalized spacial score (nSPS) is 19.7. The van der Waals surface area contributed by atoms with E-state index in [1.165, 1.54) is 11.8 Å². The quantitative estimate of drug-likeness (QED) is 0.777. The van der Waals surface area contributed by atoms with Crippen molar-refractivity contribution in [2.75, 3.05) is 12.4 Å². The van der Waals surface area contributed by atoms with E-state index < -0.39 is 18.2 Å². The van der Waals surface area contributed by atoms with Gasteiger partial charge >= 0.3 is 11.9 Å². The summed E-state index contributed by atoms with van der Waals surface area (Å²) in [5.74, 6) is -0.320. The average molecular weight is 344 g/mol. The Morgan fingerprint density at radius 3 is 2.17 bits per heavy atom. The molecule has 1 aliphatic rings. The van der Waals surface area contributed by atoms with Crippen LogP contribution in [0.15, 0.2) is 60.7 Å². The van der Waals surface area contributed by atoms with Crippen LogP contribution in [0, 0.1) is 0 Å². The molecule has 0 bridgehead atoms. The van der Waals surface area contributed by atoms with Crippen molar-refractivity contribution in [3.8, 4) is 0 Å². The van der Waals surface area contributed by atoms with Crippen molar-refractivity contribution in [1.29, 1.82) is 0 Å². The second-order valence-electron chi connectivity index (χ2n) is 5.06. The third kappa shape index (κ3) is 4.37. The Morgan fingerprint density at radius 1 is 0.958 bits per heavy atom. The predicted octanol–water partition coefficient (Wildman–Crippen LogP) is 3.12. The van der Waals surface area contributed by atoms with Crippen molar-refractivity contribution in [2.24, 2.45) is 0 Å². The van der Waals surface area contributed by atoms with E-state index in [0.29, 0.717) is 16.9 Å². The lowest BCUT2D eigenvalue weighted by Crippen LogP contribution is -2.23. The number of carbonyl (C=O) groups excluding carboxylic acids is 2.